The van der Waals surface area contributed by atoms with E-state index in [-0.39, 0.29) is 5.54 Å². The van der Waals surface area contributed by atoms with Gasteiger partial charge in [-0.2, -0.15) is 5.10 Å². The van der Waals surface area contributed by atoms with Crippen LogP contribution in [-0.2, 0) is 0 Å². The molecule has 0 spiro atoms. The van der Waals surface area contributed by atoms with Crippen molar-refractivity contribution in [2.45, 2.75) is 46.2 Å². The van der Waals surface area contributed by atoms with E-state index < -0.39 is 0 Å². The zero-order valence-corrected chi connectivity index (χ0v) is 12.4. The molecule has 0 aliphatic carbocycles. The summed E-state index contributed by atoms with van der Waals surface area (Å²) < 4.78 is 3.05. The van der Waals surface area contributed by atoms with Crippen LogP contribution < -0.4 is 5.32 Å². The van der Waals surface area contributed by atoms with E-state index in [9.17, 15) is 0 Å². The summed E-state index contributed by atoms with van der Waals surface area (Å²) in [5, 5.41) is 7.85. The molecule has 0 aliphatic heterocycles. The molecular weight excluding hydrogens is 266 g/mol. The minimum atomic E-state index is 0.179. The molecule has 3 nitrogen and oxygen atoms in total. The van der Waals surface area contributed by atoms with Gasteiger partial charge in [-0.1, -0.05) is 6.92 Å². The third-order valence-electron chi connectivity index (χ3n) is 2.77. The highest BCUT2D eigenvalue weighted by Gasteiger charge is 2.17. The van der Waals surface area contributed by atoms with Gasteiger partial charge in [-0.3, -0.25) is 4.68 Å². The van der Waals surface area contributed by atoms with Gasteiger partial charge < -0.3 is 5.32 Å². The van der Waals surface area contributed by atoms with Crippen LogP contribution in [0, 0.1) is 5.92 Å². The van der Waals surface area contributed by atoms with Crippen LogP contribution in [0.3, 0.4) is 0 Å². The molecule has 0 saturated heterocycles. The van der Waals surface area contributed by atoms with Crippen molar-refractivity contribution < 1.29 is 0 Å². The smallest absolute Gasteiger partial charge is 0.0632 e. The minimum absolute atomic E-state index is 0.179. The molecule has 92 valence electrons. The first-order valence-electron chi connectivity index (χ1n) is 5.74. The van der Waals surface area contributed by atoms with Crippen LogP contribution in [-0.4, -0.2) is 21.9 Å². The van der Waals surface area contributed by atoms with Gasteiger partial charge in [0.1, 0.15) is 0 Å². The van der Waals surface area contributed by atoms with Gasteiger partial charge in [0, 0.05) is 18.3 Å². The summed E-state index contributed by atoms with van der Waals surface area (Å²) in [7, 11) is 0. The summed E-state index contributed by atoms with van der Waals surface area (Å²) >= 11 is 3.42. The van der Waals surface area contributed by atoms with E-state index in [0.29, 0.717) is 12.0 Å². The van der Waals surface area contributed by atoms with Crippen LogP contribution in [0.2, 0.25) is 0 Å². The molecule has 2 unspecified atom stereocenters. The fourth-order valence-corrected chi connectivity index (χ4v) is 1.74. The van der Waals surface area contributed by atoms with E-state index in [1.807, 2.05) is 17.1 Å². The Hall–Kier alpha value is -0.350. The lowest BCUT2D eigenvalue weighted by Crippen LogP contribution is -2.40. The average Bonchev–Trinajstić information content (AvgIpc) is 2.59. The SMILES string of the molecule is CC(CNC(C)(C)C)C(C)n1cc(Br)cn1. The maximum atomic E-state index is 4.32. The summed E-state index contributed by atoms with van der Waals surface area (Å²) in [6.45, 7) is 12.0. The van der Waals surface area contributed by atoms with E-state index in [2.05, 4.69) is 61.0 Å². The highest BCUT2D eigenvalue weighted by molar-refractivity contribution is 9.10. The number of nitrogens with zero attached hydrogens (tertiary/aromatic N) is 2. The van der Waals surface area contributed by atoms with Gasteiger partial charge in [0.15, 0.2) is 0 Å². The standard InChI is InChI=1S/C12H22BrN3/c1-9(6-14-12(3,4)5)10(2)16-8-11(13)7-15-16/h7-10,14H,6H2,1-5H3. The first-order valence-corrected chi connectivity index (χ1v) is 6.53. The number of hydrogen-bond donors (Lipinski definition) is 1. The Balaban J connectivity index is 2.51. The molecule has 16 heavy (non-hydrogen) atoms. The molecule has 2 atom stereocenters. The Morgan fingerprint density at radius 3 is 2.50 bits per heavy atom. The summed E-state index contributed by atoms with van der Waals surface area (Å²) in [4.78, 5) is 0. The van der Waals surface area contributed by atoms with Crippen LogP contribution in [0.5, 0.6) is 0 Å². The average molecular weight is 288 g/mol. The summed E-state index contributed by atoms with van der Waals surface area (Å²) in [6, 6.07) is 0.404. The zero-order chi connectivity index (χ0) is 12.3. The van der Waals surface area contributed by atoms with E-state index in [1.54, 1.807) is 0 Å². The molecule has 1 aromatic heterocycles. The van der Waals surface area contributed by atoms with Gasteiger partial charge in [-0.25, -0.2) is 0 Å². The molecule has 0 aromatic carbocycles. The number of hydrogen-bond acceptors (Lipinski definition) is 2. The second-order valence-electron chi connectivity index (χ2n) is 5.49. The fraction of sp³-hybridized carbons (Fsp3) is 0.750. The second kappa shape index (κ2) is 5.32. The minimum Gasteiger partial charge on any atom is -0.312 e. The monoisotopic (exact) mass is 287 g/mol. The van der Waals surface area contributed by atoms with E-state index in [0.717, 1.165) is 11.0 Å². The topological polar surface area (TPSA) is 29.9 Å². The van der Waals surface area contributed by atoms with Crippen molar-refractivity contribution in [1.82, 2.24) is 15.1 Å². The molecular formula is C12H22BrN3. The van der Waals surface area contributed by atoms with Crippen molar-refractivity contribution in [3.63, 3.8) is 0 Å². The molecule has 0 saturated carbocycles. The largest absolute Gasteiger partial charge is 0.312 e. The molecule has 0 aliphatic rings. The Kier molecular flexibility index (Phi) is 4.56. The number of nitrogens with one attached hydrogen (secondary N) is 1. The normalized spacial score (nSPS) is 16.1. The summed E-state index contributed by atoms with van der Waals surface area (Å²) in [5.74, 6) is 0.547. The lowest BCUT2D eigenvalue weighted by Gasteiger charge is -2.26. The molecule has 1 aromatic rings. The van der Waals surface area contributed by atoms with Crippen molar-refractivity contribution >= 4 is 15.9 Å². The third-order valence-corrected chi connectivity index (χ3v) is 3.17. The highest BCUT2D eigenvalue weighted by atomic mass is 79.9. The van der Waals surface area contributed by atoms with Crippen LogP contribution in [0.25, 0.3) is 0 Å². The van der Waals surface area contributed by atoms with Gasteiger partial charge >= 0.3 is 0 Å². The predicted octanol–water partition coefficient (Wildman–Crippen LogP) is 3.23. The quantitative estimate of drug-likeness (QED) is 0.922. The molecule has 0 radical (unpaired) electrons. The van der Waals surface area contributed by atoms with Crippen molar-refractivity contribution in [2.75, 3.05) is 6.54 Å². The lowest BCUT2D eigenvalue weighted by molar-refractivity contribution is 0.302. The van der Waals surface area contributed by atoms with Crippen LogP contribution in [0.1, 0.15) is 40.7 Å². The van der Waals surface area contributed by atoms with Crippen LogP contribution in [0.15, 0.2) is 16.9 Å². The van der Waals surface area contributed by atoms with Crippen molar-refractivity contribution in [3.05, 3.63) is 16.9 Å². The van der Waals surface area contributed by atoms with Crippen molar-refractivity contribution in [1.29, 1.82) is 0 Å². The van der Waals surface area contributed by atoms with Gasteiger partial charge in [0.05, 0.1) is 16.7 Å². The van der Waals surface area contributed by atoms with Crippen LogP contribution in [0.4, 0.5) is 0 Å². The van der Waals surface area contributed by atoms with Gasteiger partial charge in [-0.15, -0.1) is 0 Å². The van der Waals surface area contributed by atoms with E-state index in [1.165, 1.54) is 0 Å². The van der Waals surface area contributed by atoms with Crippen LogP contribution >= 0.6 is 15.9 Å². The Bertz CT molecular complexity index is 327. The van der Waals surface area contributed by atoms with Gasteiger partial charge in [-0.05, 0) is 49.5 Å². The maximum absolute atomic E-state index is 4.32. The number of halogens is 1. The number of rotatable bonds is 4. The third kappa shape index (κ3) is 4.26. The van der Waals surface area contributed by atoms with Gasteiger partial charge in [0.25, 0.3) is 0 Å². The molecule has 1 rings (SSSR count). The second-order valence-corrected chi connectivity index (χ2v) is 6.40. The predicted molar refractivity (Wildman–Crippen MR) is 71.6 cm³/mol. The Labute approximate surface area is 107 Å². The van der Waals surface area contributed by atoms with E-state index >= 15 is 0 Å². The first kappa shape index (κ1) is 13.7. The maximum Gasteiger partial charge on any atom is 0.0632 e. The van der Waals surface area contributed by atoms with Crippen molar-refractivity contribution in [2.24, 2.45) is 5.92 Å². The summed E-state index contributed by atoms with van der Waals surface area (Å²) in [6.07, 6.45) is 3.86. The first-order chi connectivity index (χ1) is 7.29. The van der Waals surface area contributed by atoms with Gasteiger partial charge in [0.2, 0.25) is 0 Å². The highest BCUT2D eigenvalue weighted by Crippen LogP contribution is 2.19. The van der Waals surface area contributed by atoms with Crippen molar-refractivity contribution in [3.8, 4) is 0 Å². The molecule has 0 amide bonds. The Morgan fingerprint density at radius 1 is 1.44 bits per heavy atom. The molecule has 1 heterocycles. The zero-order valence-electron chi connectivity index (χ0n) is 10.8. The molecule has 0 bridgehead atoms. The van der Waals surface area contributed by atoms with E-state index in [4.69, 9.17) is 0 Å². The Morgan fingerprint density at radius 2 is 2.06 bits per heavy atom. The lowest BCUT2D eigenvalue weighted by atomic mass is 10.0. The fourth-order valence-electron chi connectivity index (χ4n) is 1.44. The molecule has 1 N–H and O–H groups in total. The molecule has 0 fully saturated rings. The number of aromatic nitrogens is 2. The molecule has 4 heteroatoms. The summed E-state index contributed by atoms with van der Waals surface area (Å²) in [5.41, 5.74) is 0.179.